The Morgan fingerprint density at radius 1 is 0.187 bits per heavy atom. The molecule has 570 valence electrons. The predicted molar refractivity (Wildman–Crippen MR) is 500 cm³/mol. The number of para-hydroxylation sites is 3. The number of hydrogen-bond donors (Lipinski definition) is 0. The van der Waals surface area contributed by atoms with Crippen LogP contribution >= 0.6 is 22.7 Å². The maximum atomic E-state index is 6.59. The summed E-state index contributed by atoms with van der Waals surface area (Å²) in [4.78, 5) is 35.2. The van der Waals surface area contributed by atoms with Crippen molar-refractivity contribution < 1.29 is 22.1 Å². The zero-order valence-corrected chi connectivity index (χ0v) is 66.5. The van der Waals surface area contributed by atoms with Gasteiger partial charge in [-0.15, -0.1) is 22.7 Å². The van der Waals surface area contributed by atoms with Crippen LogP contribution in [0.3, 0.4) is 0 Å². The third-order valence-corrected chi connectivity index (χ3v) is 26.7. The van der Waals surface area contributed by atoms with Crippen LogP contribution in [0.5, 0.6) is 0 Å². The number of fused-ring (bicyclic) bond motifs is 22. The molecule has 0 unspecified atom stereocenters. The van der Waals surface area contributed by atoms with Gasteiger partial charge in [0.15, 0.2) is 28.6 Å². The van der Waals surface area contributed by atoms with Crippen molar-refractivity contribution in [2.45, 2.75) is 0 Å². The number of nitrogens with zero attached hydrogens (tertiary/aromatic N) is 7. The minimum Gasteiger partial charge on any atom is -0.456 e. The fourth-order valence-electron chi connectivity index (χ4n) is 19.3. The molecule has 26 aromatic rings. The van der Waals surface area contributed by atoms with Crippen LogP contribution < -0.4 is 0 Å². The van der Waals surface area contributed by atoms with Crippen LogP contribution in [0.15, 0.2) is 368 Å². The van der Waals surface area contributed by atoms with Gasteiger partial charge in [-0.2, -0.15) is 0 Å². The molecule has 0 aliphatic heterocycles. The van der Waals surface area contributed by atoms with Gasteiger partial charge in [-0.3, -0.25) is 0 Å². The van der Waals surface area contributed by atoms with Crippen LogP contribution in [0.1, 0.15) is 0 Å². The minimum absolute atomic E-state index is 0.550. The second-order valence-corrected chi connectivity index (χ2v) is 33.6. The first-order valence-electron chi connectivity index (χ1n) is 40.9. The van der Waals surface area contributed by atoms with Gasteiger partial charge in [0.25, 0.3) is 0 Å². The first-order chi connectivity index (χ1) is 60.9. The number of hydrogen-bond acceptors (Lipinski definition) is 14. The van der Waals surface area contributed by atoms with E-state index < -0.39 is 0 Å². The third-order valence-electron chi connectivity index (χ3n) is 24.6. The molecule has 29 rings (SSSR count). The van der Waals surface area contributed by atoms with Crippen molar-refractivity contribution in [2.75, 3.05) is 0 Å². The van der Waals surface area contributed by atoms with Crippen molar-refractivity contribution >= 4 is 163 Å². The second-order valence-electron chi connectivity index (χ2n) is 31.5. The largest absolute Gasteiger partial charge is 0.456 e. The van der Waals surface area contributed by atoms with E-state index in [4.69, 9.17) is 57.0 Å². The second kappa shape index (κ2) is 26.2. The highest BCUT2D eigenvalue weighted by Crippen LogP contribution is 2.59. The summed E-state index contributed by atoms with van der Waals surface area (Å²) in [7, 11) is 0. The molecule has 0 spiro atoms. The molecule has 14 heteroatoms. The van der Waals surface area contributed by atoms with Crippen LogP contribution in [0.4, 0.5) is 0 Å². The first kappa shape index (κ1) is 67.8. The lowest BCUT2D eigenvalue weighted by Crippen LogP contribution is -2.01. The Hall–Kier alpha value is -16.1. The molecule has 0 N–H and O–H groups in total. The van der Waals surface area contributed by atoms with Crippen molar-refractivity contribution in [3.8, 4) is 145 Å². The van der Waals surface area contributed by atoms with Gasteiger partial charge in [-0.1, -0.05) is 261 Å². The van der Waals surface area contributed by atoms with E-state index in [9.17, 15) is 0 Å². The van der Waals surface area contributed by atoms with Crippen LogP contribution in [0.25, 0.3) is 286 Å². The number of thiazole rings is 2. The maximum Gasteiger partial charge on any atom is 0.228 e. The lowest BCUT2D eigenvalue weighted by atomic mass is 9.93. The van der Waals surface area contributed by atoms with E-state index in [1.165, 1.54) is 82.4 Å². The monoisotopic (exact) mass is 1610 g/mol. The van der Waals surface area contributed by atoms with Crippen LogP contribution in [0.2, 0.25) is 0 Å². The maximum absolute atomic E-state index is 6.59. The Morgan fingerprint density at radius 2 is 0.618 bits per heavy atom. The number of furan rings is 3. The minimum atomic E-state index is 0.550. The van der Waals surface area contributed by atoms with Crippen molar-refractivity contribution in [3.05, 3.63) is 346 Å². The molecular formula is C109H57N7O5S2. The van der Waals surface area contributed by atoms with Crippen molar-refractivity contribution in [1.82, 2.24) is 34.9 Å². The summed E-state index contributed by atoms with van der Waals surface area (Å²) in [5.41, 5.74) is 31.5. The van der Waals surface area contributed by atoms with Gasteiger partial charge < -0.3 is 22.1 Å². The quantitative estimate of drug-likeness (QED) is 0.149. The van der Waals surface area contributed by atoms with E-state index in [0.717, 1.165) is 163 Å². The molecule has 0 amide bonds. The molecular weight excluding hydrogens is 1550 g/mol. The fourth-order valence-corrected chi connectivity index (χ4v) is 21.3. The highest BCUT2D eigenvalue weighted by atomic mass is 32.1. The summed E-state index contributed by atoms with van der Waals surface area (Å²) in [6, 6.07) is 119. The Kier molecular flexibility index (Phi) is 14.4. The molecule has 3 aliphatic rings. The summed E-state index contributed by atoms with van der Waals surface area (Å²) < 4.78 is 34.2. The summed E-state index contributed by atoms with van der Waals surface area (Å²) in [5, 5.41) is 16.0. The van der Waals surface area contributed by atoms with Crippen LogP contribution in [-0.2, 0) is 0 Å². The molecule has 8 aromatic heterocycles. The number of rotatable bonds is 7. The molecule has 8 heterocycles. The zero-order valence-electron chi connectivity index (χ0n) is 64.9. The van der Waals surface area contributed by atoms with Crippen molar-refractivity contribution in [3.63, 3.8) is 0 Å². The van der Waals surface area contributed by atoms with E-state index in [-0.39, 0.29) is 0 Å². The lowest BCUT2D eigenvalue weighted by Gasteiger charge is -2.12. The van der Waals surface area contributed by atoms with E-state index in [1.807, 2.05) is 146 Å². The molecule has 3 aliphatic carbocycles. The van der Waals surface area contributed by atoms with E-state index >= 15 is 0 Å². The Morgan fingerprint density at radius 3 is 1.20 bits per heavy atom. The summed E-state index contributed by atoms with van der Waals surface area (Å²) >= 11 is 3.47. The van der Waals surface area contributed by atoms with Crippen molar-refractivity contribution in [2.24, 2.45) is 0 Å². The van der Waals surface area contributed by atoms with Gasteiger partial charge in [0.05, 0.1) is 26.0 Å². The first-order valence-corrected chi connectivity index (χ1v) is 42.5. The fraction of sp³-hybridized carbons (Fsp3) is 0. The predicted octanol–water partition coefficient (Wildman–Crippen LogP) is 30.5. The standard InChI is InChI=1S/C37H21N3O.C36H18N2O3.C36H18N2OS2/c1-3-10-23(11-4-1)35-38-36(24-12-5-2-6-13-24)40-37(39-35)27-19-18-22-14-9-16-26-28-21-32-29(20-30(28)34(27)33(22)26)25-15-7-8-17-31(25)41-32;1-2-8-20(9-3-1)35-37-25-17-29-26(18-28(25)40-35)38-36(41-29)34-32-23-14-7-11-19-10-6-13-21(31(19)23)24(32)16-30-33(34)22-12-4-5-15-27(22)39-30;1-2-8-20(9-3-1)35-37-25-17-30-26(18-29(25)40-35)38-36(41-30)34-32-23-14-7-11-19-10-6-13-21(31(19)23)24(32)16-28-33(34)22-12-4-5-15-27(22)39-28/h1-21H;2*1-18H. The average Bonchev–Trinajstić information content (AvgIpc) is 1.55. The molecule has 0 radical (unpaired) electrons. The molecule has 12 nitrogen and oxygen atoms in total. The van der Waals surface area contributed by atoms with Crippen LogP contribution in [0, 0.1) is 0 Å². The smallest absolute Gasteiger partial charge is 0.228 e. The van der Waals surface area contributed by atoms with Crippen LogP contribution in [-0.4, -0.2) is 34.9 Å². The summed E-state index contributed by atoms with van der Waals surface area (Å²) in [5.74, 6) is 3.10. The molecule has 0 saturated carbocycles. The summed E-state index contributed by atoms with van der Waals surface area (Å²) in [6.45, 7) is 0. The van der Waals surface area contributed by atoms with Gasteiger partial charge in [-0.05, 0) is 155 Å². The molecule has 0 fully saturated rings. The van der Waals surface area contributed by atoms with Gasteiger partial charge in [0.2, 0.25) is 11.8 Å². The highest BCUT2D eigenvalue weighted by Gasteiger charge is 2.35. The number of benzene rings is 18. The van der Waals surface area contributed by atoms with Gasteiger partial charge in [-0.25, -0.2) is 34.9 Å². The number of aromatic nitrogens is 7. The van der Waals surface area contributed by atoms with Gasteiger partial charge in [0, 0.05) is 94.5 Å². The van der Waals surface area contributed by atoms with E-state index in [2.05, 4.69) is 200 Å². The summed E-state index contributed by atoms with van der Waals surface area (Å²) in [6.07, 6.45) is 0. The molecule has 123 heavy (non-hydrogen) atoms. The SMILES string of the molecule is c1ccc(-c2nc(-c3ccccc3)nc(-c3ccc4cccc5c4c3-c3cc4c(cc3-5)oc3ccccc34)n2)cc1.c1ccc(-c2nc3cc4oc(-c5c6c(cc7oc8ccccc8c57)-c5cccc7cccc-6c57)nc4cc3o2)cc1.c1ccc(-c2nc3cc4sc(-c5c6c(cc7oc8ccccc8c57)-c5cccc7cccc-6c57)nc4cc3s2)cc1. The Labute approximate surface area is 706 Å². The lowest BCUT2D eigenvalue weighted by molar-refractivity contribution is 0.618. The molecule has 18 aromatic carbocycles. The third kappa shape index (κ3) is 10.4. The number of oxazole rings is 2. The van der Waals surface area contributed by atoms with E-state index in [1.54, 1.807) is 22.7 Å². The zero-order chi connectivity index (χ0) is 80.2. The topological polar surface area (TPSA) is 156 Å². The van der Waals surface area contributed by atoms with E-state index in [0.29, 0.717) is 40.4 Å². The van der Waals surface area contributed by atoms with Gasteiger partial charge in [0.1, 0.15) is 54.5 Å². The molecule has 0 saturated heterocycles. The average molecular weight is 1610 g/mol. The Balaban J connectivity index is 0.0000000967. The van der Waals surface area contributed by atoms with Crippen molar-refractivity contribution in [1.29, 1.82) is 0 Å². The highest BCUT2D eigenvalue weighted by molar-refractivity contribution is 7.23. The Bertz CT molecular complexity index is 8510. The normalized spacial score (nSPS) is 12.2. The molecule has 0 atom stereocenters. The molecule has 0 bridgehead atoms. The van der Waals surface area contributed by atoms with Gasteiger partial charge >= 0.3 is 0 Å².